The molecule has 0 spiro atoms. The quantitative estimate of drug-likeness (QED) is 0.489. The summed E-state index contributed by atoms with van der Waals surface area (Å²) in [6.07, 6.45) is 0. The maximum absolute atomic E-state index is 11.7. The molecule has 5 heteroatoms. The van der Waals surface area contributed by atoms with E-state index >= 15 is 0 Å². The molecule has 1 aromatic carbocycles. The number of Topliss-reactive ketones (excluding diaryl/α,β-unsaturated/α-hetero) is 1. The minimum atomic E-state index is -0.857. The summed E-state index contributed by atoms with van der Waals surface area (Å²) in [4.78, 5) is 22.9. The second-order valence-corrected chi connectivity index (χ2v) is 4.39. The van der Waals surface area contributed by atoms with E-state index in [-0.39, 0.29) is 12.2 Å². The molecular formula is C11H10BrClO3. The van der Waals surface area contributed by atoms with Gasteiger partial charge in [-0.15, -0.1) is 0 Å². The largest absolute Gasteiger partial charge is 0.460 e. The molecule has 0 amide bonds. The standard InChI is InChI=1S/C11H10BrClO3/c1-3-16-11(15)10(14)7-4-6(2)9(13)5-8(7)12/h4-5H,3H2,1-2H3. The van der Waals surface area contributed by atoms with E-state index in [1.165, 1.54) is 0 Å². The van der Waals surface area contributed by atoms with Crippen molar-refractivity contribution in [2.45, 2.75) is 13.8 Å². The molecule has 0 unspecified atom stereocenters. The number of hydrogen-bond acceptors (Lipinski definition) is 3. The van der Waals surface area contributed by atoms with Gasteiger partial charge in [0.1, 0.15) is 0 Å². The molecule has 1 rings (SSSR count). The van der Waals surface area contributed by atoms with Crippen LogP contribution in [0.25, 0.3) is 0 Å². The lowest BCUT2D eigenvalue weighted by Crippen LogP contribution is -2.18. The lowest BCUT2D eigenvalue weighted by atomic mass is 10.1. The number of halogens is 2. The Labute approximate surface area is 107 Å². The molecule has 0 bridgehead atoms. The van der Waals surface area contributed by atoms with Crippen LogP contribution in [-0.4, -0.2) is 18.4 Å². The Morgan fingerprint density at radius 1 is 1.44 bits per heavy atom. The summed E-state index contributed by atoms with van der Waals surface area (Å²) in [5, 5.41) is 0.535. The van der Waals surface area contributed by atoms with E-state index in [1.54, 1.807) is 26.0 Å². The Morgan fingerprint density at radius 2 is 2.06 bits per heavy atom. The van der Waals surface area contributed by atoms with Crippen molar-refractivity contribution < 1.29 is 14.3 Å². The Morgan fingerprint density at radius 3 is 2.62 bits per heavy atom. The molecule has 0 aromatic heterocycles. The van der Waals surface area contributed by atoms with Gasteiger partial charge in [-0.3, -0.25) is 4.79 Å². The second-order valence-electron chi connectivity index (χ2n) is 3.13. The molecule has 16 heavy (non-hydrogen) atoms. The van der Waals surface area contributed by atoms with Crippen molar-refractivity contribution in [3.8, 4) is 0 Å². The highest BCUT2D eigenvalue weighted by molar-refractivity contribution is 9.10. The molecule has 0 saturated carbocycles. The molecule has 0 heterocycles. The van der Waals surface area contributed by atoms with Crippen molar-refractivity contribution in [1.82, 2.24) is 0 Å². The maximum Gasteiger partial charge on any atom is 0.379 e. The van der Waals surface area contributed by atoms with Crippen molar-refractivity contribution in [3.05, 3.63) is 32.8 Å². The van der Waals surface area contributed by atoms with Crippen LogP contribution in [0, 0.1) is 6.92 Å². The van der Waals surface area contributed by atoms with Gasteiger partial charge in [0.05, 0.1) is 6.61 Å². The van der Waals surface area contributed by atoms with Crippen LogP contribution in [0.1, 0.15) is 22.8 Å². The predicted octanol–water partition coefficient (Wildman–Crippen LogP) is 3.16. The highest BCUT2D eigenvalue weighted by Crippen LogP contribution is 2.25. The summed E-state index contributed by atoms with van der Waals surface area (Å²) in [5.74, 6) is -1.53. The summed E-state index contributed by atoms with van der Waals surface area (Å²) in [6.45, 7) is 3.58. The highest BCUT2D eigenvalue weighted by Gasteiger charge is 2.20. The van der Waals surface area contributed by atoms with Gasteiger partial charge < -0.3 is 4.74 Å². The van der Waals surface area contributed by atoms with E-state index in [1.807, 2.05) is 0 Å². The fourth-order valence-electron chi connectivity index (χ4n) is 1.14. The fourth-order valence-corrected chi connectivity index (χ4v) is 1.96. The minimum Gasteiger partial charge on any atom is -0.460 e. The predicted molar refractivity (Wildman–Crippen MR) is 64.9 cm³/mol. The first-order valence-electron chi connectivity index (χ1n) is 4.64. The van der Waals surface area contributed by atoms with Gasteiger partial charge >= 0.3 is 5.97 Å². The third-order valence-electron chi connectivity index (χ3n) is 1.95. The van der Waals surface area contributed by atoms with Gasteiger partial charge in [0.2, 0.25) is 0 Å². The topological polar surface area (TPSA) is 43.4 Å². The molecule has 0 saturated heterocycles. The first-order valence-corrected chi connectivity index (χ1v) is 5.81. The zero-order chi connectivity index (χ0) is 12.3. The van der Waals surface area contributed by atoms with E-state index in [0.717, 1.165) is 5.56 Å². The van der Waals surface area contributed by atoms with E-state index in [2.05, 4.69) is 20.7 Å². The summed E-state index contributed by atoms with van der Waals surface area (Å²) in [5.41, 5.74) is 0.998. The van der Waals surface area contributed by atoms with E-state index < -0.39 is 11.8 Å². The average Bonchev–Trinajstić information content (AvgIpc) is 2.23. The smallest absolute Gasteiger partial charge is 0.379 e. The molecule has 0 aliphatic heterocycles. The van der Waals surface area contributed by atoms with Crippen molar-refractivity contribution >= 4 is 39.3 Å². The van der Waals surface area contributed by atoms with Gasteiger partial charge in [0.25, 0.3) is 5.78 Å². The number of rotatable bonds is 3. The van der Waals surface area contributed by atoms with Crippen LogP contribution in [0.3, 0.4) is 0 Å². The normalized spacial score (nSPS) is 10.0. The molecular weight excluding hydrogens is 295 g/mol. The van der Waals surface area contributed by atoms with Crippen molar-refractivity contribution in [2.24, 2.45) is 0 Å². The third kappa shape index (κ3) is 2.83. The van der Waals surface area contributed by atoms with Crippen LogP contribution < -0.4 is 0 Å². The fraction of sp³-hybridized carbons (Fsp3) is 0.273. The number of aryl methyl sites for hydroxylation is 1. The SMILES string of the molecule is CCOC(=O)C(=O)c1cc(C)c(Cl)cc1Br. The lowest BCUT2D eigenvalue weighted by molar-refractivity contribution is -0.137. The van der Waals surface area contributed by atoms with Crippen LogP contribution in [0.5, 0.6) is 0 Å². The summed E-state index contributed by atoms with van der Waals surface area (Å²) >= 11 is 9.06. The van der Waals surface area contributed by atoms with Gasteiger partial charge in [0, 0.05) is 15.1 Å². The first kappa shape index (κ1) is 13.2. The summed E-state index contributed by atoms with van der Waals surface area (Å²) in [6, 6.07) is 3.15. The number of carbonyl (C=O) groups excluding carboxylic acids is 2. The Kier molecular flexibility index (Phi) is 4.50. The Balaban J connectivity index is 3.09. The molecule has 0 radical (unpaired) electrons. The van der Waals surface area contributed by atoms with Crippen LogP contribution >= 0.6 is 27.5 Å². The van der Waals surface area contributed by atoms with E-state index in [0.29, 0.717) is 9.50 Å². The van der Waals surface area contributed by atoms with Gasteiger partial charge in [-0.25, -0.2) is 4.79 Å². The number of esters is 1. The number of benzene rings is 1. The Hall–Kier alpha value is -0.870. The van der Waals surface area contributed by atoms with Crippen molar-refractivity contribution in [2.75, 3.05) is 6.61 Å². The monoisotopic (exact) mass is 304 g/mol. The molecule has 0 fully saturated rings. The first-order chi connectivity index (χ1) is 7.47. The number of carbonyl (C=O) groups is 2. The Bertz CT molecular complexity index is 443. The zero-order valence-corrected chi connectivity index (χ0v) is 11.2. The third-order valence-corrected chi connectivity index (χ3v) is 3.02. The highest BCUT2D eigenvalue weighted by atomic mass is 79.9. The van der Waals surface area contributed by atoms with Gasteiger partial charge in [0.15, 0.2) is 0 Å². The molecule has 1 aromatic rings. The molecule has 0 N–H and O–H groups in total. The molecule has 3 nitrogen and oxygen atoms in total. The summed E-state index contributed by atoms with van der Waals surface area (Å²) in [7, 11) is 0. The van der Waals surface area contributed by atoms with Crippen LogP contribution in [0.15, 0.2) is 16.6 Å². The van der Waals surface area contributed by atoms with Gasteiger partial charge in [-0.2, -0.15) is 0 Å². The van der Waals surface area contributed by atoms with Crippen molar-refractivity contribution in [3.63, 3.8) is 0 Å². The molecule has 0 aliphatic carbocycles. The van der Waals surface area contributed by atoms with Crippen molar-refractivity contribution in [1.29, 1.82) is 0 Å². The second kappa shape index (κ2) is 5.46. The number of hydrogen-bond donors (Lipinski definition) is 0. The molecule has 86 valence electrons. The number of ketones is 1. The summed E-state index contributed by atoms with van der Waals surface area (Å²) < 4.78 is 5.13. The molecule has 0 aliphatic rings. The number of ether oxygens (including phenoxy) is 1. The van der Waals surface area contributed by atoms with Gasteiger partial charge in [-0.1, -0.05) is 11.6 Å². The lowest BCUT2D eigenvalue weighted by Gasteiger charge is -2.06. The van der Waals surface area contributed by atoms with E-state index in [9.17, 15) is 9.59 Å². The zero-order valence-electron chi connectivity index (χ0n) is 8.84. The molecule has 0 atom stereocenters. The van der Waals surface area contributed by atoms with E-state index in [4.69, 9.17) is 11.6 Å². The van der Waals surface area contributed by atoms with Crippen LogP contribution in [-0.2, 0) is 9.53 Å². The van der Waals surface area contributed by atoms with Crippen LogP contribution in [0.4, 0.5) is 0 Å². The van der Waals surface area contributed by atoms with Gasteiger partial charge in [-0.05, 0) is 47.5 Å². The van der Waals surface area contributed by atoms with Crippen LogP contribution in [0.2, 0.25) is 5.02 Å². The minimum absolute atomic E-state index is 0.175. The maximum atomic E-state index is 11.7. The average molecular weight is 306 g/mol.